The first kappa shape index (κ1) is 21.5. The highest BCUT2D eigenvalue weighted by Crippen LogP contribution is 2.32. The molecule has 5 rings (SSSR count). The normalized spacial score (nSPS) is 14.5. The van der Waals surface area contributed by atoms with Crippen molar-refractivity contribution in [3.63, 3.8) is 0 Å². The van der Waals surface area contributed by atoms with E-state index in [4.69, 9.17) is 18.6 Å². The van der Waals surface area contributed by atoms with Gasteiger partial charge in [0.2, 0.25) is 0 Å². The third kappa shape index (κ3) is 5.53. The Morgan fingerprint density at radius 2 is 1.55 bits per heavy atom. The van der Waals surface area contributed by atoms with Gasteiger partial charge in [-0.05, 0) is 79.2 Å². The fourth-order valence-corrected chi connectivity index (χ4v) is 3.88. The molecule has 33 heavy (non-hydrogen) atoms. The molecule has 0 N–H and O–H groups in total. The summed E-state index contributed by atoms with van der Waals surface area (Å²) in [6.07, 6.45) is 0.994. The van der Waals surface area contributed by atoms with Crippen molar-refractivity contribution in [3.8, 4) is 28.6 Å². The van der Waals surface area contributed by atoms with Crippen molar-refractivity contribution in [1.29, 1.82) is 0 Å². The predicted octanol–water partition coefficient (Wildman–Crippen LogP) is 6.13. The molecule has 170 valence electrons. The van der Waals surface area contributed by atoms with Crippen molar-refractivity contribution in [2.45, 2.75) is 6.42 Å². The number of nitrogens with zero attached hydrogens (tertiary/aromatic N) is 1. The zero-order valence-corrected chi connectivity index (χ0v) is 18.3. The average molecular weight is 448 g/mol. The molecule has 0 spiro atoms. The van der Waals surface area contributed by atoms with Gasteiger partial charge >= 0.3 is 0 Å². The van der Waals surface area contributed by atoms with Crippen LogP contribution in [-0.4, -0.2) is 44.4 Å². The number of hydrogen-bond donors (Lipinski definition) is 0. The van der Waals surface area contributed by atoms with Crippen LogP contribution in [0.1, 0.15) is 6.42 Å². The standard InChI is InChI=1S/C27H26FNO4/c28-22-4-8-24(9-5-22)32-25-10-11-26-21(18-25)19-27(33-26)20-2-6-23(7-3-20)31-15-1-12-29-13-16-30-17-14-29/h2-11,18-19H,1,12-17H2. The van der Waals surface area contributed by atoms with Crippen molar-refractivity contribution < 1.29 is 23.0 Å². The molecule has 0 bridgehead atoms. The Hall–Kier alpha value is -3.35. The van der Waals surface area contributed by atoms with E-state index in [1.807, 2.05) is 48.5 Å². The van der Waals surface area contributed by atoms with Gasteiger partial charge in [-0.2, -0.15) is 0 Å². The molecule has 0 unspecified atom stereocenters. The molecule has 1 fully saturated rings. The van der Waals surface area contributed by atoms with E-state index in [2.05, 4.69) is 4.90 Å². The van der Waals surface area contributed by atoms with Crippen LogP contribution in [0.15, 0.2) is 77.2 Å². The molecule has 0 atom stereocenters. The second-order valence-corrected chi connectivity index (χ2v) is 8.05. The van der Waals surface area contributed by atoms with Crippen molar-refractivity contribution in [1.82, 2.24) is 4.90 Å². The molecular weight excluding hydrogens is 421 g/mol. The molecule has 1 saturated heterocycles. The summed E-state index contributed by atoms with van der Waals surface area (Å²) in [6.45, 7) is 5.39. The summed E-state index contributed by atoms with van der Waals surface area (Å²) in [4.78, 5) is 2.41. The Balaban J connectivity index is 1.19. The van der Waals surface area contributed by atoms with Crippen LogP contribution >= 0.6 is 0 Å². The van der Waals surface area contributed by atoms with Gasteiger partial charge in [-0.15, -0.1) is 0 Å². The predicted molar refractivity (Wildman–Crippen MR) is 125 cm³/mol. The lowest BCUT2D eigenvalue weighted by molar-refractivity contribution is 0.0358. The van der Waals surface area contributed by atoms with Crippen LogP contribution in [0, 0.1) is 5.82 Å². The Morgan fingerprint density at radius 3 is 2.33 bits per heavy atom. The Morgan fingerprint density at radius 1 is 0.818 bits per heavy atom. The van der Waals surface area contributed by atoms with Gasteiger partial charge in [-0.25, -0.2) is 4.39 Å². The van der Waals surface area contributed by atoms with Crippen LogP contribution in [0.4, 0.5) is 4.39 Å². The largest absolute Gasteiger partial charge is 0.494 e. The van der Waals surface area contributed by atoms with E-state index in [-0.39, 0.29) is 5.82 Å². The molecule has 1 aromatic heterocycles. The van der Waals surface area contributed by atoms with E-state index < -0.39 is 0 Å². The summed E-state index contributed by atoms with van der Waals surface area (Å²) in [5.41, 5.74) is 1.76. The quantitative estimate of drug-likeness (QED) is 0.304. The lowest BCUT2D eigenvalue weighted by atomic mass is 10.1. The Bertz CT molecular complexity index is 1180. The minimum atomic E-state index is -0.290. The number of hydrogen-bond acceptors (Lipinski definition) is 5. The first-order valence-electron chi connectivity index (χ1n) is 11.2. The van der Waals surface area contributed by atoms with Crippen LogP contribution < -0.4 is 9.47 Å². The van der Waals surface area contributed by atoms with Gasteiger partial charge in [-0.1, -0.05) is 0 Å². The molecule has 0 radical (unpaired) electrons. The summed E-state index contributed by atoms with van der Waals surface area (Å²) in [5, 5.41) is 0.938. The van der Waals surface area contributed by atoms with Gasteiger partial charge in [0.25, 0.3) is 0 Å². The molecular formula is C27H26FNO4. The van der Waals surface area contributed by atoms with E-state index >= 15 is 0 Å². The SMILES string of the molecule is Fc1ccc(Oc2ccc3oc(-c4ccc(OCCCN5CCOCC5)cc4)cc3c2)cc1. The molecule has 1 aliphatic heterocycles. The Labute approximate surface area is 192 Å². The maximum absolute atomic E-state index is 13.1. The molecule has 5 nitrogen and oxygen atoms in total. The number of halogens is 1. The highest BCUT2D eigenvalue weighted by molar-refractivity contribution is 5.84. The number of rotatable bonds is 8. The maximum atomic E-state index is 13.1. The van der Waals surface area contributed by atoms with Crippen LogP contribution in [0.2, 0.25) is 0 Å². The summed E-state index contributed by atoms with van der Waals surface area (Å²) in [6, 6.07) is 21.5. The molecule has 0 amide bonds. The second kappa shape index (κ2) is 10.1. The van der Waals surface area contributed by atoms with Crippen molar-refractivity contribution in [2.75, 3.05) is 39.5 Å². The molecule has 2 heterocycles. The lowest BCUT2D eigenvalue weighted by Crippen LogP contribution is -2.37. The highest BCUT2D eigenvalue weighted by Gasteiger charge is 2.10. The summed E-state index contributed by atoms with van der Waals surface area (Å²) in [5.74, 6) is 2.60. The van der Waals surface area contributed by atoms with E-state index in [0.29, 0.717) is 18.1 Å². The third-order valence-corrected chi connectivity index (χ3v) is 5.67. The fourth-order valence-electron chi connectivity index (χ4n) is 3.88. The zero-order valence-electron chi connectivity index (χ0n) is 18.3. The van der Waals surface area contributed by atoms with Crippen molar-refractivity contribution >= 4 is 11.0 Å². The van der Waals surface area contributed by atoms with Gasteiger partial charge in [0.1, 0.15) is 34.4 Å². The van der Waals surface area contributed by atoms with Crippen molar-refractivity contribution in [3.05, 3.63) is 78.6 Å². The number of morpholine rings is 1. The minimum absolute atomic E-state index is 0.290. The van der Waals surface area contributed by atoms with Gasteiger partial charge in [-0.3, -0.25) is 4.90 Å². The number of ether oxygens (including phenoxy) is 3. The van der Waals surface area contributed by atoms with Crippen LogP contribution in [0.25, 0.3) is 22.3 Å². The van der Waals surface area contributed by atoms with Crippen LogP contribution in [0.5, 0.6) is 17.2 Å². The molecule has 0 aliphatic carbocycles. The maximum Gasteiger partial charge on any atom is 0.135 e. The monoisotopic (exact) mass is 447 g/mol. The highest BCUT2D eigenvalue weighted by atomic mass is 19.1. The van der Waals surface area contributed by atoms with Gasteiger partial charge < -0.3 is 18.6 Å². The first-order valence-corrected chi connectivity index (χ1v) is 11.2. The average Bonchev–Trinajstić information content (AvgIpc) is 3.28. The van der Waals surface area contributed by atoms with E-state index in [1.165, 1.54) is 12.1 Å². The number of benzene rings is 3. The summed E-state index contributed by atoms with van der Waals surface area (Å²) < 4.78 is 36.2. The van der Waals surface area contributed by atoms with Gasteiger partial charge in [0.15, 0.2) is 0 Å². The lowest BCUT2D eigenvalue weighted by Gasteiger charge is -2.26. The number of furan rings is 1. The molecule has 4 aromatic rings. The molecule has 6 heteroatoms. The molecule has 1 aliphatic rings. The summed E-state index contributed by atoms with van der Waals surface area (Å²) in [7, 11) is 0. The van der Waals surface area contributed by atoms with E-state index in [9.17, 15) is 4.39 Å². The Kier molecular flexibility index (Phi) is 6.56. The topological polar surface area (TPSA) is 44.1 Å². The van der Waals surface area contributed by atoms with Crippen LogP contribution in [0.3, 0.4) is 0 Å². The molecule has 3 aromatic carbocycles. The fraction of sp³-hybridized carbons (Fsp3) is 0.259. The molecule has 0 saturated carbocycles. The van der Waals surface area contributed by atoms with Crippen LogP contribution in [-0.2, 0) is 4.74 Å². The van der Waals surface area contributed by atoms with E-state index in [1.54, 1.807) is 12.1 Å². The van der Waals surface area contributed by atoms with Gasteiger partial charge in [0, 0.05) is 30.6 Å². The smallest absolute Gasteiger partial charge is 0.135 e. The van der Waals surface area contributed by atoms with Crippen molar-refractivity contribution in [2.24, 2.45) is 0 Å². The zero-order chi connectivity index (χ0) is 22.5. The number of fused-ring (bicyclic) bond motifs is 1. The third-order valence-electron chi connectivity index (χ3n) is 5.67. The van der Waals surface area contributed by atoms with E-state index in [0.717, 1.165) is 67.3 Å². The van der Waals surface area contributed by atoms with Gasteiger partial charge in [0.05, 0.1) is 19.8 Å². The minimum Gasteiger partial charge on any atom is -0.494 e. The second-order valence-electron chi connectivity index (χ2n) is 8.05. The summed E-state index contributed by atoms with van der Waals surface area (Å²) >= 11 is 0. The first-order chi connectivity index (χ1) is 16.2.